The number of hydrogen-bond acceptors (Lipinski definition) is 8. The quantitative estimate of drug-likeness (QED) is 0.280. The molecule has 2 heterocycles. The SMILES string of the molecule is CC[C@@]1(c2ccccc2)NC(=O)N(CC(=O)Nc2nnc(SCc3ccc(C#N)cc3)s2)C1=O. The summed E-state index contributed by atoms with van der Waals surface area (Å²) in [5.41, 5.74) is 1.11. The van der Waals surface area contributed by atoms with Gasteiger partial charge in [-0.15, -0.1) is 10.2 Å². The van der Waals surface area contributed by atoms with Gasteiger partial charge in [-0.1, -0.05) is 72.5 Å². The second kappa shape index (κ2) is 10.0. The van der Waals surface area contributed by atoms with E-state index in [0.717, 1.165) is 10.5 Å². The van der Waals surface area contributed by atoms with Crippen LogP contribution in [0.15, 0.2) is 58.9 Å². The summed E-state index contributed by atoms with van der Waals surface area (Å²) in [5.74, 6) is -0.365. The zero-order chi connectivity index (χ0) is 24.1. The highest BCUT2D eigenvalue weighted by Gasteiger charge is 2.51. The molecular weight excluding hydrogens is 472 g/mol. The van der Waals surface area contributed by atoms with E-state index in [0.29, 0.717) is 27.6 Å². The average molecular weight is 493 g/mol. The summed E-state index contributed by atoms with van der Waals surface area (Å²) < 4.78 is 0.656. The summed E-state index contributed by atoms with van der Waals surface area (Å²) in [5, 5.41) is 22.6. The maximum absolute atomic E-state index is 13.1. The minimum absolute atomic E-state index is 0.282. The second-order valence-corrected chi connectivity index (χ2v) is 9.67. The number of imide groups is 1. The number of hydrogen-bond donors (Lipinski definition) is 2. The highest BCUT2D eigenvalue weighted by atomic mass is 32.2. The normalized spacial score (nSPS) is 17.4. The fourth-order valence-electron chi connectivity index (χ4n) is 3.57. The molecule has 0 spiro atoms. The first-order chi connectivity index (χ1) is 16.4. The largest absolute Gasteiger partial charge is 0.325 e. The van der Waals surface area contributed by atoms with E-state index in [2.05, 4.69) is 26.9 Å². The molecule has 11 heteroatoms. The standard InChI is InChI=1S/C23H20N6O3S2/c1-2-23(17-6-4-3-5-7-17)19(31)29(21(32)26-23)13-18(30)25-20-27-28-22(34-20)33-14-16-10-8-15(12-24)9-11-16/h3-11H,2,13-14H2,1H3,(H,26,32)(H,25,27,30)/t23-/m0/s1. The van der Waals surface area contributed by atoms with Crippen molar-refractivity contribution in [1.29, 1.82) is 5.26 Å². The summed E-state index contributed by atoms with van der Waals surface area (Å²) in [6.07, 6.45) is 0.357. The molecule has 3 aromatic rings. The molecule has 9 nitrogen and oxygen atoms in total. The van der Waals surface area contributed by atoms with Crippen molar-refractivity contribution in [2.45, 2.75) is 29.0 Å². The molecule has 1 fully saturated rings. The van der Waals surface area contributed by atoms with Crippen LogP contribution in [0, 0.1) is 11.3 Å². The fraction of sp³-hybridized carbons (Fsp3) is 0.217. The van der Waals surface area contributed by atoms with E-state index in [1.54, 1.807) is 36.4 Å². The molecule has 2 aromatic carbocycles. The lowest BCUT2D eigenvalue weighted by Crippen LogP contribution is -2.44. The fourth-order valence-corrected chi connectivity index (χ4v) is 5.30. The van der Waals surface area contributed by atoms with Crippen LogP contribution in [0.2, 0.25) is 0 Å². The van der Waals surface area contributed by atoms with E-state index in [1.807, 2.05) is 25.1 Å². The lowest BCUT2D eigenvalue weighted by molar-refractivity contribution is -0.134. The van der Waals surface area contributed by atoms with Crippen molar-refractivity contribution < 1.29 is 14.4 Å². The number of urea groups is 1. The molecule has 172 valence electrons. The molecule has 0 aliphatic carbocycles. The molecule has 0 unspecified atom stereocenters. The molecule has 2 N–H and O–H groups in total. The summed E-state index contributed by atoms with van der Waals surface area (Å²) in [6, 6.07) is 17.7. The van der Waals surface area contributed by atoms with Crippen molar-refractivity contribution in [3.8, 4) is 6.07 Å². The maximum Gasteiger partial charge on any atom is 0.325 e. The Labute approximate surface area is 204 Å². The van der Waals surface area contributed by atoms with E-state index in [4.69, 9.17) is 5.26 Å². The van der Waals surface area contributed by atoms with Gasteiger partial charge in [0.2, 0.25) is 11.0 Å². The maximum atomic E-state index is 13.1. The van der Waals surface area contributed by atoms with Crippen LogP contribution in [0.4, 0.5) is 9.93 Å². The molecule has 4 rings (SSSR count). The summed E-state index contributed by atoms with van der Waals surface area (Å²) in [6.45, 7) is 1.39. The van der Waals surface area contributed by atoms with E-state index in [1.165, 1.54) is 23.1 Å². The number of rotatable bonds is 8. The minimum atomic E-state index is -1.18. The van der Waals surface area contributed by atoms with Crippen molar-refractivity contribution in [2.24, 2.45) is 0 Å². The van der Waals surface area contributed by atoms with Gasteiger partial charge in [0.1, 0.15) is 12.1 Å². The van der Waals surface area contributed by atoms with Crippen LogP contribution in [0.1, 0.15) is 30.0 Å². The monoisotopic (exact) mass is 492 g/mol. The molecule has 34 heavy (non-hydrogen) atoms. The molecule has 1 saturated heterocycles. The van der Waals surface area contributed by atoms with Gasteiger partial charge in [0.05, 0.1) is 11.6 Å². The second-order valence-electron chi connectivity index (χ2n) is 7.47. The lowest BCUT2D eigenvalue weighted by Gasteiger charge is -2.25. The predicted molar refractivity (Wildman–Crippen MR) is 128 cm³/mol. The lowest BCUT2D eigenvalue weighted by atomic mass is 9.87. The molecule has 4 amide bonds. The van der Waals surface area contributed by atoms with Crippen LogP contribution < -0.4 is 10.6 Å². The first-order valence-electron chi connectivity index (χ1n) is 10.4. The smallest absolute Gasteiger partial charge is 0.319 e. The van der Waals surface area contributed by atoms with E-state index >= 15 is 0 Å². The topological polar surface area (TPSA) is 128 Å². The average Bonchev–Trinajstić information content (AvgIpc) is 3.41. The number of nitrogens with one attached hydrogen (secondary N) is 2. The molecular formula is C23H20N6O3S2. The van der Waals surface area contributed by atoms with Crippen molar-refractivity contribution >= 4 is 46.1 Å². The highest BCUT2D eigenvalue weighted by Crippen LogP contribution is 2.32. The zero-order valence-corrected chi connectivity index (χ0v) is 19.8. The highest BCUT2D eigenvalue weighted by molar-refractivity contribution is 8.00. The zero-order valence-electron chi connectivity index (χ0n) is 18.1. The third-order valence-corrected chi connectivity index (χ3v) is 7.42. The van der Waals surface area contributed by atoms with Gasteiger partial charge in [-0.3, -0.25) is 19.8 Å². The third kappa shape index (κ3) is 4.78. The number of aromatic nitrogens is 2. The van der Waals surface area contributed by atoms with Crippen molar-refractivity contribution in [3.63, 3.8) is 0 Å². The Morgan fingerprint density at radius 1 is 1.18 bits per heavy atom. The number of nitrogens with zero attached hydrogens (tertiary/aromatic N) is 4. The van der Waals surface area contributed by atoms with Crippen LogP contribution >= 0.6 is 23.1 Å². The predicted octanol–water partition coefficient (Wildman–Crippen LogP) is 3.50. The van der Waals surface area contributed by atoms with Crippen LogP contribution in [0.3, 0.4) is 0 Å². The number of thioether (sulfide) groups is 1. The Hall–Kier alpha value is -3.75. The molecule has 1 atom stereocenters. The summed E-state index contributed by atoms with van der Waals surface area (Å²) in [4.78, 5) is 39.2. The molecule has 0 bridgehead atoms. The molecule has 1 aromatic heterocycles. The van der Waals surface area contributed by atoms with Crippen molar-refractivity contribution in [2.75, 3.05) is 11.9 Å². The number of carbonyl (C=O) groups is 3. The van der Waals surface area contributed by atoms with Gasteiger partial charge in [-0.25, -0.2) is 4.79 Å². The van der Waals surface area contributed by atoms with Gasteiger partial charge in [0, 0.05) is 5.75 Å². The van der Waals surface area contributed by atoms with Gasteiger partial charge in [-0.2, -0.15) is 5.26 Å². The number of amides is 4. The molecule has 1 aliphatic heterocycles. The van der Waals surface area contributed by atoms with Gasteiger partial charge in [0.25, 0.3) is 5.91 Å². The van der Waals surface area contributed by atoms with Gasteiger partial charge >= 0.3 is 6.03 Å². The van der Waals surface area contributed by atoms with Crippen molar-refractivity contribution in [1.82, 2.24) is 20.4 Å². The summed E-state index contributed by atoms with van der Waals surface area (Å²) >= 11 is 2.65. The number of anilines is 1. The molecule has 0 radical (unpaired) electrons. The Balaban J connectivity index is 1.35. The van der Waals surface area contributed by atoms with Crippen LogP contribution in [0.5, 0.6) is 0 Å². The summed E-state index contributed by atoms with van der Waals surface area (Å²) in [7, 11) is 0. The third-order valence-electron chi connectivity index (χ3n) is 5.37. The molecule has 1 aliphatic rings. The Morgan fingerprint density at radius 2 is 1.91 bits per heavy atom. The van der Waals surface area contributed by atoms with Gasteiger partial charge in [0.15, 0.2) is 4.34 Å². The first-order valence-corrected chi connectivity index (χ1v) is 12.2. The van der Waals surface area contributed by atoms with Crippen molar-refractivity contribution in [3.05, 3.63) is 71.3 Å². The van der Waals surface area contributed by atoms with Gasteiger partial charge in [-0.05, 0) is 29.7 Å². The minimum Gasteiger partial charge on any atom is -0.319 e. The number of nitriles is 1. The van der Waals surface area contributed by atoms with E-state index in [-0.39, 0.29) is 5.13 Å². The van der Waals surface area contributed by atoms with Crippen LogP contribution in [-0.4, -0.2) is 39.5 Å². The van der Waals surface area contributed by atoms with E-state index < -0.39 is 29.9 Å². The first kappa shape index (κ1) is 23.4. The molecule has 0 saturated carbocycles. The Bertz CT molecular complexity index is 1260. The number of benzene rings is 2. The van der Waals surface area contributed by atoms with Crippen LogP contribution in [0.25, 0.3) is 0 Å². The van der Waals surface area contributed by atoms with Gasteiger partial charge < -0.3 is 5.32 Å². The Morgan fingerprint density at radius 3 is 2.59 bits per heavy atom. The Kier molecular flexibility index (Phi) is 6.90. The number of carbonyl (C=O) groups excluding carboxylic acids is 3. The van der Waals surface area contributed by atoms with Crippen LogP contribution in [-0.2, 0) is 20.9 Å². The van der Waals surface area contributed by atoms with E-state index in [9.17, 15) is 14.4 Å².